The predicted molar refractivity (Wildman–Crippen MR) is 110 cm³/mol. The van der Waals surface area contributed by atoms with Crippen molar-refractivity contribution >= 4 is 0 Å². The molecule has 0 N–H and O–H groups in total. The Morgan fingerprint density at radius 2 is 0.679 bits per heavy atom. The number of benzene rings is 3. The van der Waals surface area contributed by atoms with Crippen LogP contribution in [0.5, 0.6) is 0 Å². The van der Waals surface area contributed by atoms with Crippen LogP contribution >= 0.6 is 0 Å². The largest absolute Gasteiger partial charge is 0.298 e. The van der Waals surface area contributed by atoms with Gasteiger partial charge < -0.3 is 0 Å². The van der Waals surface area contributed by atoms with Crippen molar-refractivity contribution in [1.82, 2.24) is 9.80 Å². The van der Waals surface area contributed by atoms with E-state index in [1.165, 1.54) is 35.4 Å². The third kappa shape index (κ3) is 6.25. The highest BCUT2D eigenvalue weighted by atomic mass is 19.1. The van der Waals surface area contributed by atoms with Crippen LogP contribution in [0.3, 0.4) is 0 Å². The topological polar surface area (TPSA) is 6.48 Å². The van der Waals surface area contributed by atoms with Crippen molar-refractivity contribution in [3.8, 4) is 0 Å². The fourth-order valence-electron chi connectivity index (χ4n) is 3.29. The maximum absolute atomic E-state index is 13.0. The fourth-order valence-corrected chi connectivity index (χ4v) is 3.29. The summed E-state index contributed by atoms with van der Waals surface area (Å²) in [5.41, 5.74) is 4.69. The van der Waals surface area contributed by atoms with E-state index in [-0.39, 0.29) is 11.6 Å². The van der Waals surface area contributed by atoms with Gasteiger partial charge in [0.2, 0.25) is 0 Å². The molecule has 0 spiro atoms. The Kier molecular flexibility index (Phi) is 6.90. The molecule has 0 aliphatic carbocycles. The van der Waals surface area contributed by atoms with Crippen LogP contribution in [0.1, 0.15) is 22.3 Å². The highest BCUT2D eigenvalue weighted by molar-refractivity contribution is 5.23. The summed E-state index contributed by atoms with van der Waals surface area (Å²) in [7, 11) is 4.13. The summed E-state index contributed by atoms with van der Waals surface area (Å²) >= 11 is 0. The van der Waals surface area contributed by atoms with Gasteiger partial charge in [0.15, 0.2) is 0 Å². The Balaban J connectivity index is 1.49. The summed E-state index contributed by atoms with van der Waals surface area (Å²) in [6.07, 6.45) is 0. The summed E-state index contributed by atoms with van der Waals surface area (Å²) in [6.45, 7) is 3.23. The summed E-state index contributed by atoms with van der Waals surface area (Å²) < 4.78 is 26.0. The quantitative estimate of drug-likeness (QED) is 0.528. The molecule has 0 heterocycles. The summed E-state index contributed by atoms with van der Waals surface area (Å²) in [6, 6.07) is 21.9. The van der Waals surface area contributed by atoms with Gasteiger partial charge in [0.1, 0.15) is 11.6 Å². The van der Waals surface area contributed by atoms with Gasteiger partial charge in [-0.15, -0.1) is 0 Å². The van der Waals surface area contributed by atoms with Crippen LogP contribution in [0.15, 0.2) is 72.8 Å². The van der Waals surface area contributed by atoms with E-state index in [9.17, 15) is 8.78 Å². The second-order valence-electron chi connectivity index (χ2n) is 7.41. The van der Waals surface area contributed by atoms with Crippen LogP contribution in [0, 0.1) is 11.6 Å². The standard InChI is InChI=1S/C24H26F2N2/c1-27(17-21-7-11-23(25)12-8-21)15-19-3-5-20(6-4-19)16-28(2)18-22-9-13-24(26)14-10-22/h3-14H,15-18H2,1-2H3. The highest BCUT2D eigenvalue weighted by Crippen LogP contribution is 2.13. The minimum absolute atomic E-state index is 0.202. The third-order valence-corrected chi connectivity index (χ3v) is 4.66. The lowest BCUT2D eigenvalue weighted by Gasteiger charge is -2.19. The minimum atomic E-state index is -0.202. The van der Waals surface area contributed by atoms with Gasteiger partial charge in [-0.2, -0.15) is 0 Å². The molecule has 0 aliphatic heterocycles. The van der Waals surface area contributed by atoms with Gasteiger partial charge in [-0.1, -0.05) is 48.5 Å². The molecule has 3 aromatic carbocycles. The first-order valence-corrected chi connectivity index (χ1v) is 9.42. The van der Waals surface area contributed by atoms with Crippen molar-refractivity contribution < 1.29 is 8.78 Å². The normalized spacial score (nSPS) is 11.4. The van der Waals surface area contributed by atoms with Gasteiger partial charge in [-0.3, -0.25) is 9.80 Å². The first kappa shape index (κ1) is 20.2. The molecule has 4 heteroatoms. The van der Waals surface area contributed by atoms with E-state index in [1.807, 2.05) is 24.3 Å². The Labute approximate surface area is 166 Å². The predicted octanol–water partition coefficient (Wildman–Crippen LogP) is 5.23. The van der Waals surface area contributed by atoms with Gasteiger partial charge in [0.05, 0.1) is 0 Å². The van der Waals surface area contributed by atoms with E-state index in [0.717, 1.165) is 37.3 Å². The molecule has 3 rings (SSSR count). The average molecular weight is 380 g/mol. The first-order valence-electron chi connectivity index (χ1n) is 9.42. The maximum atomic E-state index is 13.0. The second-order valence-corrected chi connectivity index (χ2v) is 7.41. The molecule has 0 unspecified atom stereocenters. The summed E-state index contributed by atoms with van der Waals surface area (Å²) in [4.78, 5) is 4.42. The van der Waals surface area contributed by atoms with E-state index in [1.54, 1.807) is 0 Å². The van der Waals surface area contributed by atoms with Crippen molar-refractivity contribution in [1.29, 1.82) is 0 Å². The van der Waals surface area contributed by atoms with Crippen molar-refractivity contribution in [3.05, 3.63) is 107 Å². The number of hydrogen-bond donors (Lipinski definition) is 0. The lowest BCUT2D eigenvalue weighted by atomic mass is 10.1. The lowest BCUT2D eigenvalue weighted by molar-refractivity contribution is 0.316. The average Bonchev–Trinajstić information content (AvgIpc) is 2.67. The molecule has 0 radical (unpaired) electrons. The molecule has 0 aromatic heterocycles. The number of hydrogen-bond acceptors (Lipinski definition) is 2. The van der Waals surface area contributed by atoms with Gasteiger partial charge in [-0.25, -0.2) is 8.78 Å². The highest BCUT2D eigenvalue weighted by Gasteiger charge is 2.05. The van der Waals surface area contributed by atoms with Crippen LogP contribution in [-0.4, -0.2) is 23.9 Å². The molecule has 0 atom stereocenters. The van der Waals surface area contributed by atoms with Gasteiger partial charge >= 0.3 is 0 Å². The summed E-state index contributed by atoms with van der Waals surface area (Å²) in [5.74, 6) is -0.405. The van der Waals surface area contributed by atoms with Crippen LogP contribution in [0.2, 0.25) is 0 Å². The molecule has 0 fully saturated rings. The van der Waals surface area contributed by atoms with E-state index < -0.39 is 0 Å². The van der Waals surface area contributed by atoms with E-state index >= 15 is 0 Å². The van der Waals surface area contributed by atoms with E-state index in [2.05, 4.69) is 48.2 Å². The van der Waals surface area contributed by atoms with Gasteiger partial charge in [-0.05, 0) is 60.6 Å². The minimum Gasteiger partial charge on any atom is -0.298 e. The smallest absolute Gasteiger partial charge is 0.123 e. The SMILES string of the molecule is CN(Cc1ccc(F)cc1)Cc1ccc(CN(C)Cc2ccc(F)cc2)cc1. The van der Waals surface area contributed by atoms with Crippen molar-refractivity contribution in [2.75, 3.05) is 14.1 Å². The molecule has 3 aromatic rings. The second kappa shape index (κ2) is 9.58. The monoisotopic (exact) mass is 380 g/mol. The molecule has 28 heavy (non-hydrogen) atoms. The summed E-state index contributed by atoms with van der Waals surface area (Å²) in [5, 5.41) is 0. The first-order chi connectivity index (χ1) is 13.5. The van der Waals surface area contributed by atoms with Gasteiger partial charge in [0.25, 0.3) is 0 Å². The van der Waals surface area contributed by atoms with Crippen LogP contribution < -0.4 is 0 Å². The zero-order chi connectivity index (χ0) is 19.9. The molecule has 2 nitrogen and oxygen atoms in total. The molecule has 0 saturated heterocycles. The number of halogens is 2. The van der Waals surface area contributed by atoms with Gasteiger partial charge in [0, 0.05) is 26.2 Å². The lowest BCUT2D eigenvalue weighted by Crippen LogP contribution is -2.18. The molecule has 0 saturated carbocycles. The van der Waals surface area contributed by atoms with Crippen LogP contribution in [0.25, 0.3) is 0 Å². The molecular weight excluding hydrogens is 354 g/mol. The number of nitrogens with zero attached hydrogens (tertiary/aromatic N) is 2. The molecule has 0 amide bonds. The molecular formula is C24H26F2N2. The Hall–Kier alpha value is -2.56. The third-order valence-electron chi connectivity index (χ3n) is 4.66. The zero-order valence-electron chi connectivity index (χ0n) is 16.4. The molecule has 146 valence electrons. The van der Waals surface area contributed by atoms with E-state index in [4.69, 9.17) is 0 Å². The van der Waals surface area contributed by atoms with Crippen LogP contribution in [-0.2, 0) is 26.2 Å². The molecule has 0 aliphatic rings. The Morgan fingerprint density at radius 3 is 0.929 bits per heavy atom. The van der Waals surface area contributed by atoms with Crippen molar-refractivity contribution in [3.63, 3.8) is 0 Å². The zero-order valence-corrected chi connectivity index (χ0v) is 16.4. The maximum Gasteiger partial charge on any atom is 0.123 e. The van der Waals surface area contributed by atoms with E-state index in [0.29, 0.717) is 0 Å². The Morgan fingerprint density at radius 1 is 0.464 bits per heavy atom. The Bertz CT molecular complexity index is 784. The molecule has 0 bridgehead atoms. The van der Waals surface area contributed by atoms with Crippen LogP contribution in [0.4, 0.5) is 8.78 Å². The fraction of sp³-hybridized carbons (Fsp3) is 0.250. The number of rotatable bonds is 8. The van der Waals surface area contributed by atoms with Crippen molar-refractivity contribution in [2.45, 2.75) is 26.2 Å². The van der Waals surface area contributed by atoms with Crippen molar-refractivity contribution in [2.24, 2.45) is 0 Å².